The highest BCUT2D eigenvalue weighted by Crippen LogP contribution is 2.42. The number of halogens is 1. The lowest BCUT2D eigenvalue weighted by Crippen LogP contribution is -2.14. The Labute approximate surface area is 116 Å². The molecular weight excluding hydrogens is 288 g/mol. The van der Waals surface area contributed by atoms with Gasteiger partial charge in [-0.15, -0.1) is 12.4 Å². The lowest BCUT2D eigenvalue weighted by atomic mass is 10.7. The number of hydrogen-bond acceptors (Lipinski definition) is 6. The van der Waals surface area contributed by atoms with E-state index in [1.54, 1.807) is 0 Å². The van der Waals surface area contributed by atoms with Crippen molar-refractivity contribution in [2.24, 2.45) is 0 Å². The second-order valence-corrected chi connectivity index (χ2v) is 9.63. The molecule has 0 bridgehead atoms. The van der Waals surface area contributed by atoms with Crippen molar-refractivity contribution in [1.29, 1.82) is 0 Å². The summed E-state index contributed by atoms with van der Waals surface area (Å²) in [4.78, 5) is 4.44. The Morgan fingerprint density at radius 1 is 0.733 bits per heavy atom. The zero-order chi connectivity index (χ0) is 10.8. The maximum absolute atomic E-state index is 2.22. The van der Waals surface area contributed by atoms with Crippen molar-refractivity contribution < 1.29 is 0 Å². The van der Waals surface area contributed by atoms with Crippen LogP contribution < -0.4 is 0 Å². The Balaban J connectivity index is 0. The Morgan fingerprint density at radius 2 is 1.07 bits per heavy atom. The van der Waals surface area contributed by atoms with Crippen LogP contribution in [0.5, 0.6) is 0 Å². The number of nitrogens with zero attached hydrogens (tertiary/aromatic N) is 2. The quantitative estimate of drug-likeness (QED) is 0.473. The molecule has 0 aliphatic heterocycles. The molecule has 0 saturated carbocycles. The summed E-state index contributed by atoms with van der Waals surface area (Å²) in [6, 6.07) is 0. The molecule has 0 aromatic carbocycles. The van der Waals surface area contributed by atoms with E-state index < -0.39 is 0 Å². The average molecular weight is 309 g/mol. The van der Waals surface area contributed by atoms with Gasteiger partial charge in [0.25, 0.3) is 0 Å². The molecule has 0 fully saturated rings. The molecule has 15 heavy (non-hydrogen) atoms. The molecule has 7 heteroatoms. The van der Waals surface area contributed by atoms with Crippen LogP contribution in [0.2, 0.25) is 0 Å². The third-order valence-corrected chi connectivity index (χ3v) is 7.79. The monoisotopic (exact) mass is 308 g/mol. The molecule has 0 radical (unpaired) electrons. The van der Waals surface area contributed by atoms with Gasteiger partial charge >= 0.3 is 0 Å². The topological polar surface area (TPSA) is 6.48 Å². The van der Waals surface area contributed by atoms with Crippen LogP contribution in [0, 0.1) is 0 Å². The van der Waals surface area contributed by atoms with Crippen molar-refractivity contribution in [3.05, 3.63) is 0 Å². The molecule has 0 atom stereocenters. The molecule has 0 aromatic heterocycles. The summed E-state index contributed by atoms with van der Waals surface area (Å²) >= 11 is 0. The van der Waals surface area contributed by atoms with Crippen LogP contribution in [-0.2, 0) is 0 Å². The molecular formula is C8H21ClN2S4. The summed E-state index contributed by atoms with van der Waals surface area (Å²) in [7, 11) is 16.1. The Morgan fingerprint density at radius 3 is 1.33 bits per heavy atom. The van der Waals surface area contributed by atoms with Crippen molar-refractivity contribution in [3.8, 4) is 0 Å². The molecule has 0 aliphatic rings. The third kappa shape index (κ3) is 18.2. The highest BCUT2D eigenvalue weighted by atomic mass is 35.5. The Bertz CT molecular complexity index is 113. The molecule has 0 spiro atoms. The first-order valence-corrected chi connectivity index (χ1v) is 9.65. The SMILES string of the molecule is CN(C)CCSSSSCCN(C)C.Cl. The molecule has 0 aliphatic carbocycles. The molecule has 0 rings (SSSR count). The van der Waals surface area contributed by atoms with Gasteiger partial charge in [-0.25, -0.2) is 0 Å². The largest absolute Gasteiger partial charge is 0.309 e. The first-order valence-electron chi connectivity index (χ1n) is 4.50. The van der Waals surface area contributed by atoms with Crippen molar-refractivity contribution in [2.45, 2.75) is 0 Å². The highest BCUT2D eigenvalue weighted by Gasteiger charge is 1.95. The minimum Gasteiger partial charge on any atom is -0.309 e. The molecule has 0 N–H and O–H groups in total. The number of rotatable bonds is 9. The van der Waals surface area contributed by atoms with Crippen molar-refractivity contribution in [3.63, 3.8) is 0 Å². The standard InChI is InChI=1S/C8H20N2S4.ClH/c1-9(2)5-7-11-13-14-12-8-6-10(3)4;/h5-8H2,1-4H3;1H. The van der Waals surface area contributed by atoms with Crippen LogP contribution in [0.15, 0.2) is 0 Å². The van der Waals surface area contributed by atoms with Crippen molar-refractivity contribution in [2.75, 3.05) is 52.8 Å². The summed E-state index contributed by atoms with van der Waals surface area (Å²) in [5, 5.41) is 0. The van der Waals surface area contributed by atoms with E-state index in [0.717, 1.165) is 0 Å². The van der Waals surface area contributed by atoms with E-state index in [0.29, 0.717) is 0 Å². The molecule has 2 nitrogen and oxygen atoms in total. The van der Waals surface area contributed by atoms with E-state index in [-0.39, 0.29) is 12.4 Å². The fourth-order valence-electron chi connectivity index (χ4n) is 0.547. The predicted octanol–water partition coefficient (Wildman–Crippen LogP) is 3.21. The minimum atomic E-state index is 0. The van der Waals surface area contributed by atoms with Gasteiger partial charge in [-0.05, 0) is 47.8 Å². The normalized spacial score (nSPS) is 10.8. The second kappa shape index (κ2) is 13.7. The zero-order valence-corrected chi connectivity index (χ0v) is 13.8. The van der Waals surface area contributed by atoms with Crippen molar-refractivity contribution >= 4 is 53.6 Å². The van der Waals surface area contributed by atoms with Crippen molar-refractivity contribution in [1.82, 2.24) is 9.80 Å². The van der Waals surface area contributed by atoms with Gasteiger partial charge in [0.2, 0.25) is 0 Å². The van der Waals surface area contributed by atoms with E-state index >= 15 is 0 Å². The van der Waals surface area contributed by atoms with Gasteiger partial charge in [0.1, 0.15) is 0 Å². The predicted molar refractivity (Wildman–Crippen MR) is 84.5 cm³/mol. The van der Waals surface area contributed by atoms with E-state index in [4.69, 9.17) is 0 Å². The fraction of sp³-hybridized carbons (Fsp3) is 1.00. The summed E-state index contributed by atoms with van der Waals surface area (Å²) < 4.78 is 0. The van der Waals surface area contributed by atoms with Crippen LogP contribution >= 0.6 is 53.6 Å². The molecule has 0 heterocycles. The minimum absolute atomic E-state index is 0. The van der Waals surface area contributed by atoms with Crippen LogP contribution in [0.25, 0.3) is 0 Å². The van der Waals surface area contributed by atoms with E-state index in [1.165, 1.54) is 24.6 Å². The van der Waals surface area contributed by atoms with Gasteiger partial charge < -0.3 is 9.80 Å². The second-order valence-electron chi connectivity index (χ2n) is 3.39. The van der Waals surface area contributed by atoms with E-state index in [9.17, 15) is 0 Å². The molecule has 0 saturated heterocycles. The molecule has 94 valence electrons. The summed E-state index contributed by atoms with van der Waals surface area (Å²) in [5.41, 5.74) is 0. The Hall–Kier alpha value is 1.61. The van der Waals surface area contributed by atoms with E-state index in [1.807, 2.05) is 41.2 Å². The molecule has 0 unspecified atom stereocenters. The summed E-state index contributed by atoms with van der Waals surface area (Å²) in [5.74, 6) is 2.41. The van der Waals surface area contributed by atoms with Gasteiger partial charge in [-0.2, -0.15) is 0 Å². The lowest BCUT2D eigenvalue weighted by Gasteiger charge is -2.08. The lowest BCUT2D eigenvalue weighted by molar-refractivity contribution is 0.438. The zero-order valence-electron chi connectivity index (χ0n) is 9.76. The van der Waals surface area contributed by atoms with Gasteiger partial charge in [0.05, 0.1) is 0 Å². The summed E-state index contributed by atoms with van der Waals surface area (Å²) in [6.07, 6.45) is 0. The number of hydrogen-bond donors (Lipinski definition) is 0. The summed E-state index contributed by atoms with van der Waals surface area (Å²) in [6.45, 7) is 2.33. The van der Waals surface area contributed by atoms with Gasteiger partial charge in [-0.3, -0.25) is 0 Å². The first kappa shape index (κ1) is 19.0. The molecule has 0 aromatic rings. The maximum Gasteiger partial charge on any atom is 0.0173 e. The van der Waals surface area contributed by atoms with Crippen LogP contribution in [0.4, 0.5) is 0 Å². The first-order chi connectivity index (χ1) is 6.63. The van der Waals surface area contributed by atoms with Crippen LogP contribution in [0.1, 0.15) is 0 Å². The maximum atomic E-state index is 2.22. The van der Waals surface area contributed by atoms with E-state index in [2.05, 4.69) is 38.0 Å². The highest BCUT2D eigenvalue weighted by molar-refractivity contribution is 9.26. The molecule has 0 amide bonds. The van der Waals surface area contributed by atoms with Gasteiger partial charge in [-0.1, -0.05) is 21.6 Å². The average Bonchev–Trinajstić information content (AvgIpc) is 2.08. The Kier molecular flexibility index (Phi) is 17.3. The van der Waals surface area contributed by atoms with Gasteiger partial charge in [0, 0.05) is 24.6 Å². The van der Waals surface area contributed by atoms with Crippen LogP contribution in [-0.4, -0.2) is 62.6 Å². The van der Waals surface area contributed by atoms with Gasteiger partial charge in [0.15, 0.2) is 0 Å². The van der Waals surface area contributed by atoms with Crippen LogP contribution in [0.3, 0.4) is 0 Å². The fourth-order valence-corrected chi connectivity index (χ4v) is 6.79. The smallest absolute Gasteiger partial charge is 0.0173 e. The third-order valence-electron chi connectivity index (χ3n) is 1.37.